The Hall–Kier alpha value is -4.14. The summed E-state index contributed by atoms with van der Waals surface area (Å²) in [5.41, 5.74) is 3.86. The van der Waals surface area contributed by atoms with Crippen LogP contribution in [-0.4, -0.2) is 51.2 Å². The molecule has 1 atom stereocenters. The van der Waals surface area contributed by atoms with Crippen LogP contribution in [-0.2, 0) is 9.59 Å². The molecule has 2 amide bonds. The third kappa shape index (κ3) is 5.18. The molecule has 2 heterocycles. The number of likely N-dealkylation sites (N-methyl/N-ethyl adjacent to an activating group) is 1. The van der Waals surface area contributed by atoms with Gasteiger partial charge in [0.1, 0.15) is 18.1 Å². The van der Waals surface area contributed by atoms with Crippen LogP contribution in [0.1, 0.15) is 37.9 Å². The summed E-state index contributed by atoms with van der Waals surface area (Å²) < 4.78 is 7.40. The van der Waals surface area contributed by atoms with Gasteiger partial charge in [-0.05, 0) is 63.1 Å². The molecule has 0 saturated heterocycles. The molecule has 0 fully saturated rings. The summed E-state index contributed by atoms with van der Waals surface area (Å²) in [6.45, 7) is 8.98. The first-order valence-electron chi connectivity index (χ1n) is 11.7. The molecule has 0 radical (unpaired) electrons. The average molecular weight is 475 g/mol. The van der Waals surface area contributed by atoms with Crippen LogP contribution in [0.4, 0.5) is 11.6 Å². The van der Waals surface area contributed by atoms with Gasteiger partial charge in [-0.25, -0.2) is 4.68 Å². The van der Waals surface area contributed by atoms with Crippen LogP contribution in [0.5, 0.6) is 5.75 Å². The zero-order valence-electron chi connectivity index (χ0n) is 20.4. The summed E-state index contributed by atoms with van der Waals surface area (Å²) in [6.07, 6.45) is 1.46. The van der Waals surface area contributed by atoms with Crippen molar-refractivity contribution in [1.29, 1.82) is 0 Å². The lowest BCUT2D eigenvalue weighted by Gasteiger charge is -2.29. The molecule has 1 aliphatic rings. The van der Waals surface area contributed by atoms with Crippen LogP contribution in [0.15, 0.2) is 66.1 Å². The molecule has 2 aromatic carbocycles. The van der Waals surface area contributed by atoms with Gasteiger partial charge in [0.2, 0.25) is 5.95 Å². The van der Waals surface area contributed by atoms with Gasteiger partial charge in [0, 0.05) is 24.5 Å². The number of benzene rings is 2. The van der Waals surface area contributed by atoms with Gasteiger partial charge < -0.3 is 20.3 Å². The SMILES string of the molecule is CCN(CC)C(=O)COc1ccc(C2C(C(=O)Nc3cccc(C)c3)=C(C)Nc3ncnn32)cc1. The van der Waals surface area contributed by atoms with Crippen molar-refractivity contribution in [2.75, 3.05) is 30.3 Å². The summed E-state index contributed by atoms with van der Waals surface area (Å²) in [6, 6.07) is 14.5. The minimum absolute atomic E-state index is 0.0231. The molecule has 1 unspecified atom stereocenters. The number of fused-ring (bicyclic) bond motifs is 1. The number of amides is 2. The normalized spacial score (nSPS) is 14.7. The Morgan fingerprint density at radius 1 is 1.11 bits per heavy atom. The van der Waals surface area contributed by atoms with E-state index >= 15 is 0 Å². The Morgan fingerprint density at radius 3 is 2.54 bits per heavy atom. The number of aromatic nitrogens is 3. The zero-order chi connectivity index (χ0) is 24.9. The van der Waals surface area contributed by atoms with Crippen molar-refractivity contribution in [3.63, 3.8) is 0 Å². The molecule has 3 aromatic rings. The number of hydrogen-bond donors (Lipinski definition) is 2. The first-order chi connectivity index (χ1) is 16.9. The van der Waals surface area contributed by atoms with E-state index in [0.29, 0.717) is 36.1 Å². The maximum atomic E-state index is 13.4. The summed E-state index contributed by atoms with van der Waals surface area (Å²) in [7, 11) is 0. The van der Waals surface area contributed by atoms with Crippen LogP contribution in [0.2, 0.25) is 0 Å². The molecule has 2 N–H and O–H groups in total. The maximum absolute atomic E-state index is 13.4. The van der Waals surface area contributed by atoms with E-state index in [1.54, 1.807) is 21.7 Å². The van der Waals surface area contributed by atoms with Crippen molar-refractivity contribution < 1.29 is 14.3 Å². The lowest BCUT2D eigenvalue weighted by molar-refractivity contribution is -0.133. The standard InChI is InChI=1S/C26H30N6O3/c1-5-31(6-2)22(33)15-35-21-12-10-19(11-13-21)24-23(18(4)29-26-27-16-28-32(24)26)25(34)30-20-9-7-8-17(3)14-20/h7-14,16,24H,5-6,15H2,1-4H3,(H,30,34)(H,27,28,29). The molecule has 1 aliphatic heterocycles. The number of carbonyl (C=O) groups is 2. The predicted octanol–water partition coefficient (Wildman–Crippen LogP) is 3.76. The molecule has 182 valence electrons. The Bertz CT molecular complexity index is 1240. The fourth-order valence-corrected chi connectivity index (χ4v) is 4.17. The van der Waals surface area contributed by atoms with Gasteiger partial charge in [-0.15, -0.1) is 0 Å². The summed E-state index contributed by atoms with van der Waals surface area (Å²) in [5, 5.41) is 10.6. The number of anilines is 2. The zero-order valence-corrected chi connectivity index (χ0v) is 20.4. The van der Waals surface area contributed by atoms with Gasteiger partial charge in [-0.2, -0.15) is 10.1 Å². The molecule has 4 rings (SSSR count). The van der Waals surface area contributed by atoms with Crippen LogP contribution >= 0.6 is 0 Å². The summed E-state index contributed by atoms with van der Waals surface area (Å²) in [5.74, 6) is 0.855. The van der Waals surface area contributed by atoms with E-state index in [0.717, 1.165) is 16.8 Å². The second kappa shape index (κ2) is 10.4. The average Bonchev–Trinajstić information content (AvgIpc) is 3.31. The van der Waals surface area contributed by atoms with Crippen molar-refractivity contribution in [2.24, 2.45) is 0 Å². The Labute approximate surface area is 204 Å². The Kier molecular flexibility index (Phi) is 7.14. The molecule has 0 saturated carbocycles. The molecular weight excluding hydrogens is 444 g/mol. The number of nitrogens with one attached hydrogen (secondary N) is 2. The van der Waals surface area contributed by atoms with E-state index in [4.69, 9.17) is 4.74 Å². The fourth-order valence-electron chi connectivity index (χ4n) is 4.17. The molecule has 0 bridgehead atoms. The number of hydrogen-bond acceptors (Lipinski definition) is 6. The lowest BCUT2D eigenvalue weighted by Crippen LogP contribution is -2.34. The van der Waals surface area contributed by atoms with Gasteiger partial charge in [0.05, 0.1) is 5.57 Å². The van der Waals surface area contributed by atoms with Crippen LogP contribution in [0, 0.1) is 6.92 Å². The van der Waals surface area contributed by atoms with Crippen molar-refractivity contribution in [3.8, 4) is 5.75 Å². The Morgan fingerprint density at radius 2 is 1.86 bits per heavy atom. The van der Waals surface area contributed by atoms with Crippen molar-refractivity contribution >= 4 is 23.5 Å². The van der Waals surface area contributed by atoms with Gasteiger partial charge in [-0.1, -0.05) is 24.3 Å². The van der Waals surface area contributed by atoms with Gasteiger partial charge in [-0.3, -0.25) is 9.59 Å². The highest BCUT2D eigenvalue weighted by atomic mass is 16.5. The van der Waals surface area contributed by atoms with Gasteiger partial charge in [0.25, 0.3) is 11.8 Å². The molecule has 35 heavy (non-hydrogen) atoms. The van der Waals surface area contributed by atoms with E-state index in [1.807, 2.05) is 64.1 Å². The van der Waals surface area contributed by atoms with Crippen molar-refractivity contribution in [3.05, 3.63) is 77.3 Å². The fraction of sp³-hybridized carbons (Fsp3) is 0.308. The quantitative estimate of drug-likeness (QED) is 0.516. The van der Waals surface area contributed by atoms with Crippen LogP contribution in [0.3, 0.4) is 0 Å². The highest BCUT2D eigenvalue weighted by Gasteiger charge is 2.33. The van der Waals surface area contributed by atoms with E-state index in [-0.39, 0.29) is 18.4 Å². The highest BCUT2D eigenvalue weighted by Crippen LogP contribution is 2.35. The highest BCUT2D eigenvalue weighted by molar-refractivity contribution is 6.06. The summed E-state index contributed by atoms with van der Waals surface area (Å²) in [4.78, 5) is 31.7. The number of allylic oxidation sites excluding steroid dienone is 1. The molecule has 9 heteroatoms. The summed E-state index contributed by atoms with van der Waals surface area (Å²) >= 11 is 0. The molecule has 0 aliphatic carbocycles. The number of ether oxygens (including phenoxy) is 1. The smallest absolute Gasteiger partial charge is 0.260 e. The van der Waals surface area contributed by atoms with E-state index in [1.165, 1.54) is 6.33 Å². The molecule has 1 aromatic heterocycles. The predicted molar refractivity (Wildman–Crippen MR) is 134 cm³/mol. The van der Waals surface area contributed by atoms with E-state index in [2.05, 4.69) is 20.7 Å². The second-order valence-corrected chi connectivity index (χ2v) is 8.34. The van der Waals surface area contributed by atoms with Gasteiger partial charge >= 0.3 is 0 Å². The van der Waals surface area contributed by atoms with Crippen LogP contribution in [0.25, 0.3) is 0 Å². The first-order valence-corrected chi connectivity index (χ1v) is 11.7. The van der Waals surface area contributed by atoms with E-state index < -0.39 is 6.04 Å². The molecule has 9 nitrogen and oxygen atoms in total. The second-order valence-electron chi connectivity index (χ2n) is 8.34. The van der Waals surface area contributed by atoms with Crippen molar-refractivity contribution in [2.45, 2.75) is 33.7 Å². The number of nitrogens with zero attached hydrogens (tertiary/aromatic N) is 4. The molecular formula is C26H30N6O3. The maximum Gasteiger partial charge on any atom is 0.260 e. The first kappa shape index (κ1) is 24.0. The number of carbonyl (C=O) groups excluding carboxylic acids is 2. The number of rotatable bonds is 8. The third-order valence-electron chi connectivity index (χ3n) is 5.99. The van der Waals surface area contributed by atoms with Crippen LogP contribution < -0.4 is 15.4 Å². The van der Waals surface area contributed by atoms with E-state index in [9.17, 15) is 9.59 Å². The van der Waals surface area contributed by atoms with Crippen molar-refractivity contribution in [1.82, 2.24) is 19.7 Å². The minimum atomic E-state index is -0.482. The van der Waals surface area contributed by atoms with Gasteiger partial charge in [0.15, 0.2) is 6.61 Å². The topological polar surface area (TPSA) is 101 Å². The number of aryl methyl sites for hydroxylation is 1. The molecule has 0 spiro atoms. The monoisotopic (exact) mass is 474 g/mol. The minimum Gasteiger partial charge on any atom is -0.484 e. The largest absolute Gasteiger partial charge is 0.484 e. The lowest BCUT2D eigenvalue weighted by atomic mass is 9.95. The Balaban J connectivity index is 1.58. The third-order valence-corrected chi connectivity index (χ3v) is 5.99.